The number of fused-ring (bicyclic) bond motifs is 1. The van der Waals surface area contributed by atoms with Crippen molar-refractivity contribution in [2.75, 3.05) is 0 Å². The summed E-state index contributed by atoms with van der Waals surface area (Å²) in [6, 6.07) is 3.90. The number of nitrogens with one attached hydrogen (secondary N) is 1. The van der Waals surface area contributed by atoms with Crippen molar-refractivity contribution in [2.45, 2.75) is 53.2 Å². The van der Waals surface area contributed by atoms with Crippen molar-refractivity contribution in [3.8, 4) is 0 Å². The van der Waals surface area contributed by atoms with E-state index in [2.05, 4.69) is 55.1 Å². The van der Waals surface area contributed by atoms with E-state index < -0.39 is 0 Å². The molecule has 2 aromatic rings. The summed E-state index contributed by atoms with van der Waals surface area (Å²) in [5, 5.41) is 4.56. The quantitative estimate of drug-likeness (QED) is 0.535. The van der Waals surface area contributed by atoms with E-state index >= 15 is 0 Å². The Kier molecular flexibility index (Phi) is 7.23. The fraction of sp³-hybridized carbons (Fsp3) is 0.471. The molecule has 0 saturated heterocycles. The fourth-order valence-electron chi connectivity index (χ4n) is 2.56. The van der Waals surface area contributed by atoms with E-state index in [4.69, 9.17) is 23.2 Å². The molecule has 0 aliphatic carbocycles. The molecule has 0 bridgehead atoms. The lowest BCUT2D eigenvalue weighted by molar-refractivity contribution is -0.670. The number of hydrogen-bond acceptors (Lipinski definition) is 1. The van der Waals surface area contributed by atoms with Crippen molar-refractivity contribution in [3.63, 3.8) is 0 Å². The summed E-state index contributed by atoms with van der Waals surface area (Å²) in [4.78, 5) is 0. The van der Waals surface area contributed by atoms with Crippen LogP contribution in [0.5, 0.6) is 0 Å². The topological polar surface area (TPSA) is 20.8 Å². The van der Waals surface area contributed by atoms with E-state index in [1.54, 1.807) is 0 Å². The molecule has 0 atom stereocenters. The highest BCUT2D eigenvalue weighted by atomic mass is 127. The van der Waals surface area contributed by atoms with Crippen molar-refractivity contribution in [1.29, 1.82) is 0 Å². The molecule has 0 aliphatic rings. The standard InChI is InChI=1S/C17H23Cl2N3.HI/c1-6-21-14-10-12(18)13(19)11-15(14)22(7-2)16(21)8-9-20-17(3,4)5;/h8-11H,6-7H2,1-5H3;1H. The maximum Gasteiger partial charge on any atom is 0.283 e. The first-order chi connectivity index (χ1) is 10.3. The normalized spacial score (nSPS) is 12.0. The summed E-state index contributed by atoms with van der Waals surface area (Å²) in [6.45, 7) is 12.4. The predicted octanol–water partition coefficient (Wildman–Crippen LogP) is 1.64. The number of aryl methyl sites for hydroxylation is 2. The molecule has 128 valence electrons. The lowest BCUT2D eigenvalue weighted by Gasteiger charge is -2.18. The summed E-state index contributed by atoms with van der Waals surface area (Å²) in [7, 11) is 0. The smallest absolute Gasteiger partial charge is 0.283 e. The molecule has 0 spiro atoms. The molecule has 0 amide bonds. The minimum absolute atomic E-state index is 0. The van der Waals surface area contributed by atoms with Gasteiger partial charge in [0.25, 0.3) is 5.82 Å². The van der Waals surface area contributed by atoms with Crippen molar-refractivity contribution < 1.29 is 28.5 Å². The van der Waals surface area contributed by atoms with Gasteiger partial charge in [-0.25, -0.2) is 9.13 Å². The largest absolute Gasteiger partial charge is 1.00 e. The van der Waals surface area contributed by atoms with Gasteiger partial charge < -0.3 is 29.3 Å². The van der Waals surface area contributed by atoms with Crippen LogP contribution in [0.4, 0.5) is 0 Å². The van der Waals surface area contributed by atoms with Crippen LogP contribution in [0.15, 0.2) is 18.3 Å². The van der Waals surface area contributed by atoms with Gasteiger partial charge in [-0.05, 0) is 34.6 Å². The molecule has 0 saturated carbocycles. The first-order valence-corrected chi connectivity index (χ1v) is 8.39. The van der Waals surface area contributed by atoms with Crippen molar-refractivity contribution in [2.24, 2.45) is 0 Å². The number of nitrogens with zero attached hydrogens (tertiary/aromatic N) is 2. The monoisotopic (exact) mass is 467 g/mol. The predicted molar refractivity (Wildman–Crippen MR) is 95.4 cm³/mol. The number of halogens is 3. The van der Waals surface area contributed by atoms with E-state index in [1.165, 1.54) is 0 Å². The van der Waals surface area contributed by atoms with Crippen LogP contribution in [-0.2, 0) is 13.1 Å². The second kappa shape index (κ2) is 8.08. The molecule has 3 nitrogen and oxygen atoms in total. The summed E-state index contributed by atoms with van der Waals surface area (Å²) in [5.74, 6) is 1.13. The molecule has 1 heterocycles. The molecule has 1 aromatic heterocycles. The van der Waals surface area contributed by atoms with Crippen LogP contribution in [-0.4, -0.2) is 10.1 Å². The van der Waals surface area contributed by atoms with Gasteiger partial charge in [0.05, 0.1) is 23.1 Å². The first-order valence-electron chi connectivity index (χ1n) is 7.63. The van der Waals surface area contributed by atoms with E-state index in [0.717, 1.165) is 29.9 Å². The highest BCUT2D eigenvalue weighted by Crippen LogP contribution is 2.28. The van der Waals surface area contributed by atoms with E-state index in [1.807, 2.05) is 18.3 Å². The van der Waals surface area contributed by atoms with Gasteiger partial charge in [-0.3, -0.25) is 0 Å². The minimum atomic E-state index is 0. The highest BCUT2D eigenvalue weighted by molar-refractivity contribution is 6.42. The molecule has 0 unspecified atom stereocenters. The van der Waals surface area contributed by atoms with Crippen molar-refractivity contribution in [3.05, 3.63) is 34.2 Å². The van der Waals surface area contributed by atoms with Gasteiger partial charge in [0, 0.05) is 29.9 Å². The number of imidazole rings is 1. The first kappa shape index (κ1) is 20.6. The van der Waals surface area contributed by atoms with Gasteiger partial charge in [0.15, 0.2) is 11.0 Å². The zero-order valence-corrected chi connectivity index (χ0v) is 17.9. The number of hydrogen-bond donors (Lipinski definition) is 1. The molecule has 2 rings (SSSR count). The zero-order valence-electron chi connectivity index (χ0n) is 14.3. The molecule has 0 fully saturated rings. The minimum Gasteiger partial charge on any atom is -1.00 e. The van der Waals surface area contributed by atoms with Crippen LogP contribution < -0.4 is 33.9 Å². The molecule has 1 aromatic carbocycles. The summed E-state index contributed by atoms with van der Waals surface area (Å²) < 4.78 is 4.50. The number of benzene rings is 1. The summed E-state index contributed by atoms with van der Waals surface area (Å²) >= 11 is 12.4. The molecule has 6 heteroatoms. The zero-order chi connectivity index (χ0) is 16.5. The fourth-order valence-corrected chi connectivity index (χ4v) is 2.88. The Labute approximate surface area is 165 Å². The maximum atomic E-state index is 6.20. The van der Waals surface area contributed by atoms with Crippen molar-refractivity contribution in [1.82, 2.24) is 9.88 Å². The summed E-state index contributed by atoms with van der Waals surface area (Å²) in [5.41, 5.74) is 2.26. The average molecular weight is 468 g/mol. The summed E-state index contributed by atoms with van der Waals surface area (Å²) in [6.07, 6.45) is 4.12. The van der Waals surface area contributed by atoms with Crippen LogP contribution in [0.1, 0.15) is 40.4 Å². The van der Waals surface area contributed by atoms with E-state index in [0.29, 0.717) is 10.0 Å². The van der Waals surface area contributed by atoms with E-state index in [-0.39, 0.29) is 29.5 Å². The molecule has 0 radical (unpaired) electrons. The lowest BCUT2D eigenvalue weighted by Crippen LogP contribution is -3.00. The van der Waals surface area contributed by atoms with Crippen LogP contribution in [0.3, 0.4) is 0 Å². The third kappa shape index (κ3) is 4.54. The Morgan fingerprint density at radius 1 is 1.17 bits per heavy atom. The number of rotatable bonds is 4. The lowest BCUT2D eigenvalue weighted by atomic mass is 10.1. The Morgan fingerprint density at radius 2 is 1.78 bits per heavy atom. The second-order valence-corrected chi connectivity index (χ2v) is 7.14. The Balaban J connectivity index is 0.00000264. The second-order valence-electron chi connectivity index (χ2n) is 6.33. The Bertz CT molecular complexity index is 668. The van der Waals surface area contributed by atoms with Crippen LogP contribution in [0.2, 0.25) is 10.0 Å². The highest BCUT2D eigenvalue weighted by Gasteiger charge is 2.22. The third-order valence-electron chi connectivity index (χ3n) is 3.53. The van der Waals surface area contributed by atoms with Gasteiger partial charge in [0.2, 0.25) is 0 Å². The SMILES string of the molecule is CCn1c(/C=C/NC(C)(C)C)[n+](CC)c2cc(Cl)c(Cl)cc21.[I-]. The van der Waals surface area contributed by atoms with Gasteiger partial charge >= 0.3 is 0 Å². The van der Waals surface area contributed by atoms with Gasteiger partial charge in [-0.2, -0.15) is 0 Å². The van der Waals surface area contributed by atoms with Crippen LogP contribution in [0, 0.1) is 0 Å². The Hall–Kier alpha value is -0.460. The number of aromatic nitrogens is 2. The van der Waals surface area contributed by atoms with Crippen LogP contribution in [0.25, 0.3) is 17.1 Å². The van der Waals surface area contributed by atoms with Gasteiger partial charge in [-0.15, -0.1) is 0 Å². The molecular formula is C17H24Cl2IN3. The van der Waals surface area contributed by atoms with E-state index in [9.17, 15) is 0 Å². The molecule has 0 aliphatic heterocycles. The molecular weight excluding hydrogens is 444 g/mol. The molecule has 23 heavy (non-hydrogen) atoms. The third-order valence-corrected chi connectivity index (χ3v) is 4.26. The maximum absolute atomic E-state index is 6.20. The van der Waals surface area contributed by atoms with Crippen molar-refractivity contribution >= 4 is 40.3 Å². The van der Waals surface area contributed by atoms with Gasteiger partial charge in [0.1, 0.15) is 0 Å². The van der Waals surface area contributed by atoms with Crippen LogP contribution >= 0.6 is 23.2 Å². The average Bonchev–Trinajstić information content (AvgIpc) is 2.70. The Morgan fingerprint density at radius 3 is 2.30 bits per heavy atom. The van der Waals surface area contributed by atoms with Gasteiger partial charge in [-0.1, -0.05) is 23.2 Å². The molecule has 1 N–H and O–H groups in total.